The van der Waals surface area contributed by atoms with Crippen molar-refractivity contribution >= 4 is 15.9 Å². The minimum absolute atomic E-state index is 0.0588. The predicted octanol–water partition coefficient (Wildman–Crippen LogP) is 4.15. The lowest BCUT2D eigenvalue weighted by Crippen LogP contribution is -2.12. The summed E-state index contributed by atoms with van der Waals surface area (Å²) in [6.07, 6.45) is 5.45. The SMILES string of the molecule is N#Cc1ccccc1C(c1ccc(Br)cc1)n1ccnc1. The van der Waals surface area contributed by atoms with Crippen molar-refractivity contribution in [3.8, 4) is 6.07 Å². The number of aromatic nitrogens is 2. The van der Waals surface area contributed by atoms with Gasteiger partial charge in [-0.1, -0.05) is 46.3 Å². The van der Waals surface area contributed by atoms with Gasteiger partial charge in [0.25, 0.3) is 0 Å². The van der Waals surface area contributed by atoms with Gasteiger partial charge in [0, 0.05) is 16.9 Å². The molecule has 0 aliphatic carbocycles. The van der Waals surface area contributed by atoms with E-state index in [-0.39, 0.29) is 6.04 Å². The van der Waals surface area contributed by atoms with E-state index in [1.807, 2.05) is 47.2 Å². The first-order valence-electron chi connectivity index (χ1n) is 6.51. The Balaban J connectivity index is 2.18. The van der Waals surface area contributed by atoms with Gasteiger partial charge in [0.2, 0.25) is 0 Å². The molecule has 1 unspecified atom stereocenters. The van der Waals surface area contributed by atoms with Gasteiger partial charge in [0.05, 0.1) is 24.0 Å². The van der Waals surface area contributed by atoms with Crippen molar-refractivity contribution in [3.05, 3.63) is 88.4 Å². The van der Waals surface area contributed by atoms with E-state index in [9.17, 15) is 5.26 Å². The van der Waals surface area contributed by atoms with Crippen molar-refractivity contribution in [1.82, 2.24) is 9.55 Å². The molecule has 0 amide bonds. The molecule has 4 heteroatoms. The Labute approximate surface area is 131 Å². The zero-order valence-electron chi connectivity index (χ0n) is 11.1. The highest BCUT2D eigenvalue weighted by Gasteiger charge is 2.18. The van der Waals surface area contributed by atoms with Gasteiger partial charge in [-0.15, -0.1) is 0 Å². The van der Waals surface area contributed by atoms with E-state index >= 15 is 0 Å². The van der Waals surface area contributed by atoms with Crippen LogP contribution in [-0.4, -0.2) is 9.55 Å². The van der Waals surface area contributed by atoms with Gasteiger partial charge in [0.1, 0.15) is 0 Å². The maximum absolute atomic E-state index is 9.37. The number of nitrogens with zero attached hydrogens (tertiary/aromatic N) is 3. The predicted molar refractivity (Wildman–Crippen MR) is 84.8 cm³/mol. The van der Waals surface area contributed by atoms with Crippen LogP contribution in [0.3, 0.4) is 0 Å². The summed E-state index contributed by atoms with van der Waals surface area (Å²) in [4.78, 5) is 4.14. The number of rotatable bonds is 3. The molecule has 3 rings (SSSR count). The maximum atomic E-state index is 9.37. The highest BCUT2D eigenvalue weighted by molar-refractivity contribution is 9.10. The summed E-state index contributed by atoms with van der Waals surface area (Å²) in [5, 5.41) is 9.37. The Morgan fingerprint density at radius 2 is 1.86 bits per heavy atom. The molecule has 1 heterocycles. The fourth-order valence-electron chi connectivity index (χ4n) is 2.42. The van der Waals surface area contributed by atoms with Crippen LogP contribution >= 0.6 is 15.9 Å². The first kappa shape index (κ1) is 13.6. The number of hydrogen-bond acceptors (Lipinski definition) is 2. The number of nitriles is 1. The lowest BCUT2D eigenvalue weighted by molar-refractivity contribution is 0.675. The fourth-order valence-corrected chi connectivity index (χ4v) is 2.68. The minimum atomic E-state index is -0.0588. The highest BCUT2D eigenvalue weighted by atomic mass is 79.9. The molecule has 0 spiro atoms. The summed E-state index contributed by atoms with van der Waals surface area (Å²) in [6, 6.07) is 18.0. The topological polar surface area (TPSA) is 41.6 Å². The molecule has 0 radical (unpaired) electrons. The third-order valence-electron chi connectivity index (χ3n) is 3.38. The van der Waals surface area contributed by atoms with E-state index in [1.165, 1.54) is 0 Å². The van der Waals surface area contributed by atoms with E-state index in [0.29, 0.717) is 5.56 Å². The Morgan fingerprint density at radius 3 is 2.52 bits per heavy atom. The fraction of sp³-hybridized carbons (Fsp3) is 0.0588. The van der Waals surface area contributed by atoms with E-state index in [1.54, 1.807) is 12.5 Å². The van der Waals surface area contributed by atoms with Gasteiger partial charge < -0.3 is 4.57 Å². The zero-order chi connectivity index (χ0) is 14.7. The van der Waals surface area contributed by atoms with Crippen LogP contribution < -0.4 is 0 Å². The van der Waals surface area contributed by atoms with Crippen LogP contribution in [0, 0.1) is 11.3 Å². The molecule has 0 bridgehead atoms. The normalized spacial score (nSPS) is 11.8. The third-order valence-corrected chi connectivity index (χ3v) is 3.91. The Bertz CT molecular complexity index is 771. The van der Waals surface area contributed by atoms with Crippen LogP contribution in [0.1, 0.15) is 22.7 Å². The summed E-state index contributed by atoms with van der Waals surface area (Å²) in [5.41, 5.74) is 2.76. The summed E-state index contributed by atoms with van der Waals surface area (Å²) in [7, 11) is 0. The molecule has 21 heavy (non-hydrogen) atoms. The van der Waals surface area contributed by atoms with Crippen LogP contribution in [0.5, 0.6) is 0 Å². The molecule has 1 atom stereocenters. The van der Waals surface area contributed by atoms with Crippen LogP contribution in [-0.2, 0) is 0 Å². The summed E-state index contributed by atoms with van der Waals surface area (Å²) in [6.45, 7) is 0. The lowest BCUT2D eigenvalue weighted by Gasteiger charge is -2.20. The van der Waals surface area contributed by atoms with Crippen molar-refractivity contribution < 1.29 is 0 Å². The quantitative estimate of drug-likeness (QED) is 0.720. The summed E-state index contributed by atoms with van der Waals surface area (Å²) < 4.78 is 3.04. The second kappa shape index (κ2) is 5.94. The monoisotopic (exact) mass is 337 g/mol. The molecular formula is C17H12BrN3. The number of halogens is 1. The Morgan fingerprint density at radius 1 is 1.10 bits per heavy atom. The van der Waals surface area contributed by atoms with Crippen LogP contribution in [0.25, 0.3) is 0 Å². The molecule has 0 aliphatic heterocycles. The van der Waals surface area contributed by atoms with Gasteiger partial charge in [-0.2, -0.15) is 5.26 Å². The molecule has 3 nitrogen and oxygen atoms in total. The summed E-state index contributed by atoms with van der Waals surface area (Å²) >= 11 is 3.46. The molecule has 1 aromatic heterocycles. The zero-order valence-corrected chi connectivity index (χ0v) is 12.7. The number of imidazole rings is 1. The highest BCUT2D eigenvalue weighted by Crippen LogP contribution is 2.29. The van der Waals surface area contributed by atoms with Crippen LogP contribution in [0.4, 0.5) is 0 Å². The molecular weight excluding hydrogens is 326 g/mol. The second-order valence-electron chi connectivity index (χ2n) is 4.66. The molecule has 102 valence electrons. The number of benzene rings is 2. The van der Waals surface area contributed by atoms with Crippen molar-refractivity contribution in [2.45, 2.75) is 6.04 Å². The largest absolute Gasteiger partial charge is 0.326 e. The van der Waals surface area contributed by atoms with Gasteiger partial charge >= 0.3 is 0 Å². The minimum Gasteiger partial charge on any atom is -0.326 e. The third kappa shape index (κ3) is 2.74. The summed E-state index contributed by atoms with van der Waals surface area (Å²) in [5.74, 6) is 0. The standard InChI is InChI=1S/C17H12BrN3/c18-15-7-5-13(6-8-15)17(21-10-9-20-12-21)16-4-2-1-3-14(16)11-19/h1-10,12,17H. The van der Waals surface area contributed by atoms with Crippen molar-refractivity contribution in [3.63, 3.8) is 0 Å². The average molecular weight is 338 g/mol. The Hall–Kier alpha value is -2.38. The molecule has 0 fully saturated rings. The first-order chi connectivity index (χ1) is 10.3. The van der Waals surface area contributed by atoms with Gasteiger partial charge in [-0.05, 0) is 29.3 Å². The molecule has 3 aromatic rings. The Kier molecular flexibility index (Phi) is 3.85. The lowest BCUT2D eigenvalue weighted by atomic mass is 9.95. The van der Waals surface area contributed by atoms with Crippen molar-refractivity contribution in [2.24, 2.45) is 0 Å². The molecule has 2 aromatic carbocycles. The smallest absolute Gasteiger partial charge is 0.0995 e. The molecule has 0 aliphatic rings. The van der Waals surface area contributed by atoms with E-state index in [2.05, 4.69) is 39.1 Å². The van der Waals surface area contributed by atoms with Crippen LogP contribution in [0.15, 0.2) is 71.7 Å². The average Bonchev–Trinajstić information content (AvgIpc) is 3.04. The molecule has 0 saturated carbocycles. The van der Waals surface area contributed by atoms with Crippen molar-refractivity contribution in [2.75, 3.05) is 0 Å². The van der Waals surface area contributed by atoms with Crippen LogP contribution in [0.2, 0.25) is 0 Å². The van der Waals surface area contributed by atoms with E-state index < -0.39 is 0 Å². The van der Waals surface area contributed by atoms with Gasteiger partial charge in [-0.25, -0.2) is 4.98 Å². The van der Waals surface area contributed by atoms with Crippen molar-refractivity contribution in [1.29, 1.82) is 5.26 Å². The molecule has 0 N–H and O–H groups in total. The van der Waals surface area contributed by atoms with Gasteiger partial charge in [0.15, 0.2) is 0 Å². The number of hydrogen-bond donors (Lipinski definition) is 0. The van der Waals surface area contributed by atoms with E-state index in [4.69, 9.17) is 0 Å². The van der Waals surface area contributed by atoms with Gasteiger partial charge in [-0.3, -0.25) is 0 Å². The maximum Gasteiger partial charge on any atom is 0.0995 e. The molecule has 0 saturated heterocycles. The first-order valence-corrected chi connectivity index (χ1v) is 7.31. The van der Waals surface area contributed by atoms with E-state index in [0.717, 1.165) is 15.6 Å². The second-order valence-corrected chi connectivity index (χ2v) is 5.58.